The number of carbonyl (C=O) groups excluding carboxylic acids is 2. The molecule has 33 heavy (non-hydrogen) atoms. The third-order valence-corrected chi connectivity index (χ3v) is 7.61. The third-order valence-electron chi connectivity index (χ3n) is 7.61. The van der Waals surface area contributed by atoms with Crippen LogP contribution >= 0.6 is 0 Å². The standard InChI is InChI=1S/C28H37N3O2/c1-19-9-10-20(2)26(15-19)27(32)30-25-8-4-7-24(17-25)28(33)31-13-11-22(12-14-31)23-6-3-5-21(16-23)18-29/h3-8,16-17,19-20,22,26H,9-15,18,29H2,1-2H3,(H,30,32). The summed E-state index contributed by atoms with van der Waals surface area (Å²) in [6.07, 6.45) is 5.14. The van der Waals surface area contributed by atoms with E-state index in [9.17, 15) is 9.59 Å². The van der Waals surface area contributed by atoms with Gasteiger partial charge in [0.2, 0.25) is 5.91 Å². The van der Waals surface area contributed by atoms with Gasteiger partial charge in [-0.3, -0.25) is 9.59 Å². The van der Waals surface area contributed by atoms with E-state index in [4.69, 9.17) is 5.73 Å². The number of anilines is 1. The molecule has 2 fully saturated rings. The maximum atomic E-state index is 13.2. The van der Waals surface area contributed by atoms with Gasteiger partial charge in [-0.05, 0) is 72.8 Å². The number of benzene rings is 2. The largest absolute Gasteiger partial charge is 0.339 e. The number of nitrogens with one attached hydrogen (secondary N) is 1. The number of hydrogen-bond acceptors (Lipinski definition) is 3. The third kappa shape index (κ3) is 5.64. The number of hydrogen-bond donors (Lipinski definition) is 2. The molecule has 4 rings (SSSR count). The number of nitrogens with zero attached hydrogens (tertiary/aromatic N) is 1. The second-order valence-electron chi connectivity index (χ2n) is 10.1. The van der Waals surface area contributed by atoms with Crippen LogP contribution in [0.15, 0.2) is 48.5 Å². The minimum atomic E-state index is 0.0416. The lowest BCUT2D eigenvalue weighted by Crippen LogP contribution is -2.38. The van der Waals surface area contributed by atoms with Gasteiger partial charge in [0.1, 0.15) is 0 Å². The number of likely N-dealkylation sites (tertiary alicyclic amines) is 1. The van der Waals surface area contributed by atoms with Crippen LogP contribution in [0.4, 0.5) is 5.69 Å². The molecular weight excluding hydrogens is 410 g/mol. The maximum Gasteiger partial charge on any atom is 0.253 e. The van der Waals surface area contributed by atoms with E-state index in [1.54, 1.807) is 0 Å². The van der Waals surface area contributed by atoms with Crippen molar-refractivity contribution in [3.63, 3.8) is 0 Å². The van der Waals surface area contributed by atoms with E-state index in [0.717, 1.165) is 44.3 Å². The number of nitrogens with two attached hydrogens (primary N) is 1. The Hall–Kier alpha value is -2.66. The average molecular weight is 448 g/mol. The highest BCUT2D eigenvalue weighted by molar-refractivity contribution is 5.97. The first kappa shape index (κ1) is 23.5. The van der Waals surface area contributed by atoms with Crippen LogP contribution in [-0.4, -0.2) is 29.8 Å². The Kier molecular flexibility index (Phi) is 7.49. The SMILES string of the molecule is CC1CCC(C)C(C(=O)Nc2cccc(C(=O)N3CCC(c4cccc(CN)c4)CC3)c2)C1. The Morgan fingerprint density at radius 2 is 1.76 bits per heavy atom. The smallest absolute Gasteiger partial charge is 0.253 e. The first-order valence-corrected chi connectivity index (χ1v) is 12.4. The molecule has 176 valence electrons. The Labute approximate surface area is 197 Å². The zero-order valence-corrected chi connectivity index (χ0v) is 19.9. The van der Waals surface area contributed by atoms with Crippen molar-refractivity contribution in [1.29, 1.82) is 0 Å². The molecular formula is C28H37N3O2. The summed E-state index contributed by atoms with van der Waals surface area (Å²) in [4.78, 5) is 28.0. The van der Waals surface area contributed by atoms with Crippen molar-refractivity contribution in [3.8, 4) is 0 Å². The van der Waals surface area contributed by atoms with Gasteiger partial charge in [-0.15, -0.1) is 0 Å². The predicted molar refractivity (Wildman–Crippen MR) is 133 cm³/mol. The lowest BCUT2D eigenvalue weighted by atomic mass is 9.75. The number of carbonyl (C=O) groups is 2. The Bertz CT molecular complexity index is 981. The van der Waals surface area contributed by atoms with Crippen molar-refractivity contribution >= 4 is 17.5 Å². The molecule has 1 saturated heterocycles. The number of piperidine rings is 1. The number of amides is 2. The van der Waals surface area contributed by atoms with Gasteiger partial charge in [-0.25, -0.2) is 0 Å². The van der Waals surface area contributed by atoms with Crippen molar-refractivity contribution < 1.29 is 9.59 Å². The molecule has 2 aromatic carbocycles. The maximum absolute atomic E-state index is 13.2. The molecule has 1 saturated carbocycles. The highest BCUT2D eigenvalue weighted by atomic mass is 16.2. The molecule has 0 bridgehead atoms. The first-order chi connectivity index (χ1) is 15.9. The van der Waals surface area contributed by atoms with Gasteiger partial charge in [-0.2, -0.15) is 0 Å². The number of rotatable bonds is 5. The Balaban J connectivity index is 1.36. The quantitative estimate of drug-likeness (QED) is 0.663. The summed E-state index contributed by atoms with van der Waals surface area (Å²) in [6.45, 7) is 6.43. The summed E-state index contributed by atoms with van der Waals surface area (Å²) in [5, 5.41) is 3.08. The molecule has 0 spiro atoms. The zero-order chi connectivity index (χ0) is 23.4. The Morgan fingerprint density at radius 3 is 2.52 bits per heavy atom. The van der Waals surface area contributed by atoms with E-state index in [1.807, 2.05) is 29.2 Å². The lowest BCUT2D eigenvalue weighted by Gasteiger charge is -2.33. The summed E-state index contributed by atoms with van der Waals surface area (Å²) in [6, 6.07) is 15.9. The molecule has 0 aromatic heterocycles. The molecule has 3 atom stereocenters. The first-order valence-electron chi connectivity index (χ1n) is 12.4. The molecule has 5 nitrogen and oxygen atoms in total. The van der Waals surface area contributed by atoms with Gasteiger partial charge in [0, 0.05) is 36.8 Å². The van der Waals surface area contributed by atoms with Gasteiger partial charge in [0.25, 0.3) is 5.91 Å². The summed E-state index contributed by atoms with van der Waals surface area (Å²) in [5.74, 6) is 1.62. The van der Waals surface area contributed by atoms with E-state index < -0.39 is 0 Å². The molecule has 0 radical (unpaired) electrons. The summed E-state index contributed by atoms with van der Waals surface area (Å²) >= 11 is 0. The topological polar surface area (TPSA) is 75.4 Å². The predicted octanol–water partition coefficient (Wildman–Crippen LogP) is 5.18. The second-order valence-corrected chi connectivity index (χ2v) is 10.1. The van der Waals surface area contributed by atoms with Crippen LogP contribution in [-0.2, 0) is 11.3 Å². The van der Waals surface area contributed by atoms with Crippen LogP contribution in [0.5, 0.6) is 0 Å². The van der Waals surface area contributed by atoms with Crippen molar-refractivity contribution in [2.75, 3.05) is 18.4 Å². The van der Waals surface area contributed by atoms with E-state index in [1.165, 1.54) is 12.0 Å². The van der Waals surface area contributed by atoms with Crippen molar-refractivity contribution in [1.82, 2.24) is 4.90 Å². The minimum Gasteiger partial charge on any atom is -0.339 e. The summed E-state index contributed by atoms with van der Waals surface area (Å²) < 4.78 is 0. The van der Waals surface area contributed by atoms with E-state index in [0.29, 0.717) is 35.5 Å². The summed E-state index contributed by atoms with van der Waals surface area (Å²) in [5.41, 5.74) is 9.62. The van der Waals surface area contributed by atoms with Gasteiger partial charge < -0.3 is 16.0 Å². The van der Waals surface area contributed by atoms with Crippen LogP contribution in [0.25, 0.3) is 0 Å². The molecule has 2 amide bonds. The van der Waals surface area contributed by atoms with Crippen LogP contribution in [0.3, 0.4) is 0 Å². The second kappa shape index (κ2) is 10.5. The average Bonchev–Trinajstić information content (AvgIpc) is 2.85. The van der Waals surface area contributed by atoms with Crippen molar-refractivity contribution in [2.24, 2.45) is 23.5 Å². The van der Waals surface area contributed by atoms with Gasteiger partial charge >= 0.3 is 0 Å². The van der Waals surface area contributed by atoms with Crippen LogP contribution in [0.1, 0.15) is 73.4 Å². The fourth-order valence-corrected chi connectivity index (χ4v) is 5.44. The molecule has 2 aliphatic rings. The molecule has 5 heteroatoms. The summed E-state index contributed by atoms with van der Waals surface area (Å²) in [7, 11) is 0. The monoisotopic (exact) mass is 447 g/mol. The van der Waals surface area contributed by atoms with Crippen LogP contribution in [0, 0.1) is 17.8 Å². The molecule has 2 aromatic rings. The van der Waals surface area contributed by atoms with E-state index >= 15 is 0 Å². The van der Waals surface area contributed by atoms with Gasteiger partial charge in [0.05, 0.1) is 0 Å². The van der Waals surface area contributed by atoms with Gasteiger partial charge in [0.15, 0.2) is 0 Å². The highest BCUT2D eigenvalue weighted by Gasteiger charge is 2.31. The zero-order valence-electron chi connectivity index (χ0n) is 19.9. The molecule has 3 N–H and O–H groups in total. The molecule has 1 aliphatic carbocycles. The van der Waals surface area contributed by atoms with E-state index in [-0.39, 0.29) is 17.7 Å². The Morgan fingerprint density at radius 1 is 1.00 bits per heavy atom. The van der Waals surface area contributed by atoms with Crippen LogP contribution < -0.4 is 11.1 Å². The van der Waals surface area contributed by atoms with Crippen LogP contribution in [0.2, 0.25) is 0 Å². The normalized spacial score (nSPS) is 23.8. The highest BCUT2D eigenvalue weighted by Crippen LogP contribution is 2.34. The fourth-order valence-electron chi connectivity index (χ4n) is 5.44. The lowest BCUT2D eigenvalue weighted by molar-refractivity contribution is -0.122. The molecule has 1 heterocycles. The van der Waals surface area contributed by atoms with Crippen molar-refractivity contribution in [2.45, 2.75) is 58.4 Å². The molecule has 3 unspecified atom stereocenters. The molecule has 1 aliphatic heterocycles. The minimum absolute atomic E-state index is 0.0416. The van der Waals surface area contributed by atoms with Crippen molar-refractivity contribution in [3.05, 3.63) is 65.2 Å². The van der Waals surface area contributed by atoms with Gasteiger partial charge in [-0.1, -0.05) is 50.6 Å². The van der Waals surface area contributed by atoms with E-state index in [2.05, 4.69) is 43.4 Å². The fraction of sp³-hybridized carbons (Fsp3) is 0.500.